The number of hydrogen-bond donors (Lipinski definition) is 1. The van der Waals surface area contributed by atoms with E-state index in [0.717, 1.165) is 6.20 Å². The van der Waals surface area contributed by atoms with E-state index in [9.17, 15) is 9.18 Å². The Balaban J connectivity index is 2.30. The van der Waals surface area contributed by atoms with Gasteiger partial charge in [-0.1, -0.05) is 0 Å². The number of rotatable bonds is 3. The lowest BCUT2D eigenvalue weighted by Crippen LogP contribution is -2.01. The van der Waals surface area contributed by atoms with Gasteiger partial charge in [-0.2, -0.15) is 0 Å². The van der Waals surface area contributed by atoms with Crippen LogP contribution in [0, 0.1) is 5.82 Å². The van der Waals surface area contributed by atoms with Crippen molar-refractivity contribution in [1.82, 2.24) is 9.97 Å². The van der Waals surface area contributed by atoms with Crippen molar-refractivity contribution in [3.8, 4) is 11.6 Å². The van der Waals surface area contributed by atoms with E-state index in [1.165, 1.54) is 30.6 Å². The van der Waals surface area contributed by atoms with Crippen molar-refractivity contribution in [2.75, 3.05) is 0 Å². The lowest BCUT2D eigenvalue weighted by Gasteiger charge is -2.06. The number of hydrogen-bond acceptors (Lipinski definition) is 4. The quantitative estimate of drug-likeness (QED) is 0.880. The molecule has 0 aliphatic rings. The van der Waals surface area contributed by atoms with Gasteiger partial charge in [-0.05, 0) is 12.1 Å². The van der Waals surface area contributed by atoms with Crippen LogP contribution in [0.5, 0.6) is 11.6 Å². The van der Waals surface area contributed by atoms with Gasteiger partial charge in [0, 0.05) is 12.3 Å². The third-order valence-electron chi connectivity index (χ3n) is 1.93. The first kappa shape index (κ1) is 11.0. The normalized spacial score (nSPS) is 9.94. The van der Waals surface area contributed by atoms with Crippen molar-refractivity contribution in [2.45, 2.75) is 0 Å². The predicted octanol–water partition coefficient (Wildman–Crippen LogP) is 2.11. The number of nitrogens with zero attached hydrogens (tertiary/aromatic N) is 2. The second-order valence-electron chi connectivity index (χ2n) is 3.09. The number of aromatic nitrogens is 2. The maximum Gasteiger partial charge on any atom is 0.339 e. The highest BCUT2D eigenvalue weighted by atomic mass is 19.1. The van der Waals surface area contributed by atoms with Crippen molar-refractivity contribution in [1.29, 1.82) is 0 Å². The Morgan fingerprint density at radius 1 is 1.29 bits per heavy atom. The van der Waals surface area contributed by atoms with E-state index in [4.69, 9.17) is 9.84 Å². The molecule has 0 radical (unpaired) electrons. The number of ether oxygens (including phenoxy) is 1. The summed E-state index contributed by atoms with van der Waals surface area (Å²) in [6.45, 7) is 0. The molecule has 5 nitrogen and oxygen atoms in total. The zero-order chi connectivity index (χ0) is 12.3. The van der Waals surface area contributed by atoms with Gasteiger partial charge in [-0.25, -0.2) is 14.2 Å². The van der Waals surface area contributed by atoms with Crippen molar-refractivity contribution in [3.63, 3.8) is 0 Å². The zero-order valence-corrected chi connectivity index (χ0v) is 8.50. The molecule has 0 unspecified atom stereocenters. The van der Waals surface area contributed by atoms with Crippen molar-refractivity contribution in [2.24, 2.45) is 0 Å². The molecule has 0 fully saturated rings. The summed E-state index contributed by atoms with van der Waals surface area (Å²) in [6.07, 6.45) is 3.58. The van der Waals surface area contributed by atoms with Crippen LogP contribution in [-0.2, 0) is 0 Å². The molecule has 0 saturated carbocycles. The summed E-state index contributed by atoms with van der Waals surface area (Å²) in [5.41, 5.74) is -0.0360. The number of pyridine rings is 2. The lowest BCUT2D eigenvalue weighted by atomic mass is 10.2. The predicted molar refractivity (Wildman–Crippen MR) is 55.5 cm³/mol. The third kappa shape index (κ3) is 2.54. The summed E-state index contributed by atoms with van der Waals surface area (Å²) in [5.74, 6) is -1.48. The van der Waals surface area contributed by atoms with Crippen molar-refractivity contribution < 1.29 is 19.0 Å². The van der Waals surface area contributed by atoms with Crippen LogP contribution in [0.3, 0.4) is 0 Å². The average Bonchev–Trinajstić information content (AvgIpc) is 2.32. The molecule has 1 N–H and O–H groups in total. The molecule has 0 saturated heterocycles. The summed E-state index contributed by atoms with van der Waals surface area (Å²) < 4.78 is 17.8. The third-order valence-corrected chi connectivity index (χ3v) is 1.93. The molecule has 0 amide bonds. The topological polar surface area (TPSA) is 72.3 Å². The SMILES string of the molecule is O=C(O)c1ccncc1Oc1ccc(F)cn1. The first-order valence-corrected chi connectivity index (χ1v) is 4.63. The molecule has 2 aromatic heterocycles. The smallest absolute Gasteiger partial charge is 0.339 e. The monoisotopic (exact) mass is 234 g/mol. The molecular formula is C11H7FN2O3. The number of aromatic carboxylic acids is 1. The Morgan fingerprint density at radius 2 is 2.12 bits per heavy atom. The fourth-order valence-electron chi connectivity index (χ4n) is 1.17. The fraction of sp³-hybridized carbons (Fsp3) is 0. The van der Waals surface area contributed by atoms with E-state index in [1.54, 1.807) is 0 Å². The molecular weight excluding hydrogens is 227 g/mol. The van der Waals surface area contributed by atoms with Crippen LogP contribution >= 0.6 is 0 Å². The van der Waals surface area contributed by atoms with Crippen LogP contribution in [0.4, 0.5) is 4.39 Å². The Hall–Kier alpha value is -2.50. The van der Waals surface area contributed by atoms with Crippen LogP contribution < -0.4 is 4.74 Å². The molecule has 2 rings (SSSR count). The molecule has 2 heterocycles. The highest BCUT2D eigenvalue weighted by molar-refractivity contribution is 5.90. The number of halogens is 1. The van der Waals surface area contributed by atoms with Crippen LogP contribution in [0.15, 0.2) is 36.8 Å². The van der Waals surface area contributed by atoms with Gasteiger partial charge in [0.05, 0.1) is 12.4 Å². The second kappa shape index (κ2) is 4.56. The van der Waals surface area contributed by atoms with E-state index in [2.05, 4.69) is 9.97 Å². The van der Waals surface area contributed by atoms with Gasteiger partial charge in [0.1, 0.15) is 11.4 Å². The highest BCUT2D eigenvalue weighted by Gasteiger charge is 2.12. The van der Waals surface area contributed by atoms with E-state index >= 15 is 0 Å². The first-order valence-electron chi connectivity index (χ1n) is 4.63. The molecule has 0 aromatic carbocycles. The largest absolute Gasteiger partial charge is 0.478 e. The lowest BCUT2D eigenvalue weighted by molar-refractivity contribution is 0.0694. The Kier molecular flexibility index (Phi) is 2.95. The Morgan fingerprint density at radius 3 is 2.76 bits per heavy atom. The van der Waals surface area contributed by atoms with Gasteiger partial charge in [0.2, 0.25) is 5.88 Å². The summed E-state index contributed by atoms with van der Waals surface area (Å²) in [5, 5.41) is 8.90. The van der Waals surface area contributed by atoms with Crippen LogP contribution in [0.2, 0.25) is 0 Å². The van der Waals surface area contributed by atoms with Crippen LogP contribution in [0.1, 0.15) is 10.4 Å². The van der Waals surface area contributed by atoms with Crippen LogP contribution in [-0.4, -0.2) is 21.0 Å². The van der Waals surface area contributed by atoms with E-state index in [0.29, 0.717) is 0 Å². The molecule has 2 aromatic rings. The minimum atomic E-state index is -1.13. The maximum atomic E-state index is 12.6. The van der Waals surface area contributed by atoms with Gasteiger partial charge in [-0.3, -0.25) is 4.98 Å². The minimum absolute atomic E-state index is 0.0360. The Labute approximate surface area is 95.5 Å². The molecule has 6 heteroatoms. The Bertz CT molecular complexity index is 543. The summed E-state index contributed by atoms with van der Waals surface area (Å²) >= 11 is 0. The first-order chi connectivity index (χ1) is 8.16. The fourth-order valence-corrected chi connectivity index (χ4v) is 1.17. The van der Waals surface area contributed by atoms with E-state index < -0.39 is 11.8 Å². The maximum absolute atomic E-state index is 12.6. The molecule has 17 heavy (non-hydrogen) atoms. The molecule has 86 valence electrons. The van der Waals surface area contributed by atoms with Crippen molar-refractivity contribution in [3.05, 3.63) is 48.2 Å². The summed E-state index contributed by atoms with van der Waals surface area (Å²) in [4.78, 5) is 18.3. The molecule has 0 spiro atoms. The van der Waals surface area contributed by atoms with Gasteiger partial charge in [0.25, 0.3) is 0 Å². The van der Waals surface area contributed by atoms with Gasteiger partial charge in [-0.15, -0.1) is 0 Å². The molecule has 0 aliphatic carbocycles. The zero-order valence-electron chi connectivity index (χ0n) is 8.50. The molecule has 0 aliphatic heterocycles. The number of carbonyl (C=O) groups is 1. The number of carboxylic acid groups (broad SMARTS) is 1. The van der Waals surface area contributed by atoms with Gasteiger partial charge >= 0.3 is 5.97 Å². The standard InChI is InChI=1S/C11H7FN2O3/c12-7-1-2-10(14-5-7)17-9-6-13-4-3-8(9)11(15)16/h1-6H,(H,15,16). The summed E-state index contributed by atoms with van der Waals surface area (Å²) in [7, 11) is 0. The molecule has 0 atom stereocenters. The minimum Gasteiger partial charge on any atom is -0.478 e. The van der Waals surface area contributed by atoms with E-state index in [-0.39, 0.29) is 17.2 Å². The van der Waals surface area contributed by atoms with Gasteiger partial charge < -0.3 is 9.84 Å². The summed E-state index contributed by atoms with van der Waals surface area (Å²) in [6, 6.07) is 3.77. The second-order valence-corrected chi connectivity index (χ2v) is 3.09. The average molecular weight is 234 g/mol. The van der Waals surface area contributed by atoms with Crippen LogP contribution in [0.25, 0.3) is 0 Å². The molecule has 0 bridgehead atoms. The highest BCUT2D eigenvalue weighted by Crippen LogP contribution is 2.22. The van der Waals surface area contributed by atoms with E-state index in [1.807, 2.05) is 0 Å². The van der Waals surface area contributed by atoms with Gasteiger partial charge in [0.15, 0.2) is 5.75 Å². The van der Waals surface area contributed by atoms with Crippen molar-refractivity contribution >= 4 is 5.97 Å². The number of carboxylic acids is 1.